The lowest BCUT2D eigenvalue weighted by atomic mass is 10.1. The maximum absolute atomic E-state index is 11.5. The van der Waals surface area contributed by atoms with Crippen molar-refractivity contribution in [1.29, 1.82) is 0 Å². The summed E-state index contributed by atoms with van der Waals surface area (Å²) in [5.74, 6) is -0.505. The van der Waals surface area contributed by atoms with Crippen LogP contribution in [0.5, 0.6) is 0 Å². The van der Waals surface area contributed by atoms with Crippen LogP contribution in [0.2, 0.25) is 0 Å². The van der Waals surface area contributed by atoms with Gasteiger partial charge in [0.2, 0.25) is 0 Å². The molecule has 0 aromatic heterocycles. The van der Waals surface area contributed by atoms with Crippen molar-refractivity contribution in [1.82, 2.24) is 0 Å². The highest BCUT2D eigenvalue weighted by atomic mass is 16.5. The van der Waals surface area contributed by atoms with E-state index < -0.39 is 5.97 Å². The second-order valence-corrected chi connectivity index (χ2v) is 3.06. The topological polar surface area (TPSA) is 101 Å². The van der Waals surface area contributed by atoms with Crippen LogP contribution in [0.4, 0.5) is 11.4 Å². The first kappa shape index (κ1) is 11.9. The third-order valence-corrected chi connectivity index (χ3v) is 1.89. The number of para-hydroxylation sites is 1. The van der Waals surface area contributed by atoms with E-state index >= 15 is 0 Å². The Bertz CT molecular complexity index is 438. The van der Waals surface area contributed by atoms with Gasteiger partial charge in [0.1, 0.15) is 0 Å². The molecule has 0 aliphatic heterocycles. The van der Waals surface area contributed by atoms with Gasteiger partial charge in [-0.05, 0) is 18.0 Å². The molecule has 0 unspecified atom stereocenters. The molecule has 0 saturated carbocycles. The summed E-state index contributed by atoms with van der Waals surface area (Å²) in [4.78, 5) is 14.2. The largest absolute Gasteiger partial charge is 0.462 e. The Hall–Kier alpha value is -2.20. The zero-order valence-electron chi connectivity index (χ0n) is 8.88. The molecule has 0 spiro atoms. The Morgan fingerprint density at radius 2 is 2.38 bits per heavy atom. The summed E-state index contributed by atoms with van der Waals surface area (Å²) in [6.07, 6.45) is 0.738. The van der Waals surface area contributed by atoms with Gasteiger partial charge in [0.05, 0.1) is 23.5 Å². The summed E-state index contributed by atoms with van der Waals surface area (Å²) in [6.45, 7) is 2.23. The van der Waals surface area contributed by atoms with Gasteiger partial charge in [-0.3, -0.25) is 0 Å². The minimum Gasteiger partial charge on any atom is -0.462 e. The number of carbonyl (C=O) groups is 1. The molecule has 2 N–H and O–H groups in total. The van der Waals surface area contributed by atoms with Crippen LogP contribution in [0.25, 0.3) is 10.4 Å². The van der Waals surface area contributed by atoms with Crippen LogP contribution in [0.15, 0.2) is 23.3 Å². The smallest absolute Gasteiger partial charge is 0.340 e. The van der Waals surface area contributed by atoms with Gasteiger partial charge < -0.3 is 10.5 Å². The summed E-state index contributed by atoms with van der Waals surface area (Å²) >= 11 is 0. The van der Waals surface area contributed by atoms with E-state index in [0.29, 0.717) is 6.61 Å². The third-order valence-electron chi connectivity index (χ3n) is 1.89. The standard InChI is InChI=1S/C10H12N4O2/c1-2-6-16-10(15)7-4-3-5-8(9(7)11)13-14-12/h3-5H,2,6,11H2,1H3. The SMILES string of the molecule is CCCOC(=O)c1cccc(N=[N+]=[N-])c1N. The van der Waals surface area contributed by atoms with Crippen LogP contribution < -0.4 is 5.73 Å². The van der Waals surface area contributed by atoms with Crippen molar-refractivity contribution in [2.75, 3.05) is 12.3 Å². The maximum Gasteiger partial charge on any atom is 0.340 e. The van der Waals surface area contributed by atoms with E-state index in [-0.39, 0.29) is 16.9 Å². The fraction of sp³-hybridized carbons (Fsp3) is 0.300. The molecule has 0 aliphatic carbocycles. The number of anilines is 1. The fourth-order valence-electron chi connectivity index (χ4n) is 1.14. The van der Waals surface area contributed by atoms with Crippen LogP contribution >= 0.6 is 0 Å². The van der Waals surface area contributed by atoms with Crippen molar-refractivity contribution < 1.29 is 9.53 Å². The molecule has 1 aromatic carbocycles. The number of carbonyl (C=O) groups excluding carboxylic acids is 1. The molecule has 0 fully saturated rings. The molecule has 1 rings (SSSR count). The third kappa shape index (κ3) is 2.65. The van der Waals surface area contributed by atoms with Gasteiger partial charge in [0.25, 0.3) is 0 Å². The van der Waals surface area contributed by atoms with Crippen LogP contribution in [-0.2, 0) is 4.74 Å². The second-order valence-electron chi connectivity index (χ2n) is 3.06. The number of nitrogens with zero attached hydrogens (tertiary/aromatic N) is 3. The lowest BCUT2D eigenvalue weighted by Crippen LogP contribution is -2.08. The average Bonchev–Trinajstić information content (AvgIpc) is 2.29. The number of esters is 1. The van der Waals surface area contributed by atoms with E-state index in [0.717, 1.165) is 6.42 Å². The molecule has 1 aromatic rings. The van der Waals surface area contributed by atoms with Crippen LogP contribution in [0, 0.1) is 0 Å². The number of hydrogen-bond acceptors (Lipinski definition) is 4. The molecule has 0 amide bonds. The number of nitrogen functional groups attached to an aromatic ring is 1. The molecule has 0 heterocycles. The Morgan fingerprint density at radius 1 is 1.62 bits per heavy atom. The zero-order valence-corrected chi connectivity index (χ0v) is 8.88. The summed E-state index contributed by atoms with van der Waals surface area (Å²) in [6, 6.07) is 4.65. The first-order chi connectivity index (χ1) is 7.70. The van der Waals surface area contributed by atoms with Crippen molar-refractivity contribution in [2.45, 2.75) is 13.3 Å². The van der Waals surface area contributed by atoms with Crippen molar-refractivity contribution in [3.05, 3.63) is 34.2 Å². The Morgan fingerprint density at radius 3 is 3.00 bits per heavy atom. The van der Waals surface area contributed by atoms with Gasteiger partial charge in [-0.2, -0.15) is 0 Å². The van der Waals surface area contributed by atoms with Crippen LogP contribution in [0.1, 0.15) is 23.7 Å². The number of rotatable bonds is 4. The molecule has 6 nitrogen and oxygen atoms in total. The summed E-state index contributed by atoms with van der Waals surface area (Å²) < 4.78 is 4.94. The van der Waals surface area contributed by atoms with E-state index in [1.165, 1.54) is 12.1 Å². The van der Waals surface area contributed by atoms with Gasteiger partial charge in [0.15, 0.2) is 0 Å². The predicted molar refractivity (Wildman–Crippen MR) is 60.2 cm³/mol. The van der Waals surface area contributed by atoms with Gasteiger partial charge in [-0.15, -0.1) is 0 Å². The molecule has 16 heavy (non-hydrogen) atoms. The first-order valence-electron chi connectivity index (χ1n) is 4.81. The molecule has 0 saturated heterocycles. The molecular weight excluding hydrogens is 208 g/mol. The lowest BCUT2D eigenvalue weighted by molar-refractivity contribution is 0.0506. The second kappa shape index (κ2) is 5.63. The normalized spacial score (nSPS) is 9.31. The van der Waals surface area contributed by atoms with E-state index in [1.54, 1.807) is 6.07 Å². The number of azide groups is 1. The number of hydrogen-bond donors (Lipinski definition) is 1. The minimum absolute atomic E-state index is 0.140. The quantitative estimate of drug-likeness (QED) is 0.277. The highest BCUT2D eigenvalue weighted by molar-refractivity contribution is 5.97. The van der Waals surface area contributed by atoms with Crippen LogP contribution in [0.3, 0.4) is 0 Å². The summed E-state index contributed by atoms with van der Waals surface area (Å²) in [5, 5.41) is 3.38. The monoisotopic (exact) mass is 220 g/mol. The minimum atomic E-state index is -0.505. The molecule has 0 bridgehead atoms. The van der Waals surface area contributed by atoms with E-state index in [2.05, 4.69) is 10.0 Å². The van der Waals surface area contributed by atoms with Gasteiger partial charge >= 0.3 is 5.97 Å². The zero-order chi connectivity index (χ0) is 12.0. The Kier molecular flexibility index (Phi) is 4.17. The molecule has 0 radical (unpaired) electrons. The highest BCUT2D eigenvalue weighted by Crippen LogP contribution is 2.26. The fourth-order valence-corrected chi connectivity index (χ4v) is 1.14. The van der Waals surface area contributed by atoms with Crippen LogP contribution in [-0.4, -0.2) is 12.6 Å². The predicted octanol–water partition coefficient (Wildman–Crippen LogP) is 2.78. The molecule has 0 aliphatic rings. The summed E-state index contributed by atoms with van der Waals surface area (Å²) in [5.41, 5.74) is 14.6. The summed E-state index contributed by atoms with van der Waals surface area (Å²) in [7, 11) is 0. The molecule has 84 valence electrons. The first-order valence-corrected chi connectivity index (χ1v) is 4.81. The number of nitrogens with two attached hydrogens (primary N) is 1. The van der Waals surface area contributed by atoms with E-state index in [4.69, 9.17) is 16.0 Å². The van der Waals surface area contributed by atoms with E-state index in [9.17, 15) is 4.79 Å². The Balaban J connectivity index is 3.00. The number of benzene rings is 1. The van der Waals surface area contributed by atoms with Crippen molar-refractivity contribution in [3.8, 4) is 0 Å². The van der Waals surface area contributed by atoms with Crippen molar-refractivity contribution in [3.63, 3.8) is 0 Å². The Labute approximate surface area is 92.6 Å². The molecular formula is C10H12N4O2. The van der Waals surface area contributed by atoms with E-state index in [1.807, 2.05) is 6.92 Å². The van der Waals surface area contributed by atoms with Crippen molar-refractivity contribution >= 4 is 17.3 Å². The molecule has 0 atom stereocenters. The lowest BCUT2D eigenvalue weighted by Gasteiger charge is -2.07. The van der Waals surface area contributed by atoms with Gasteiger partial charge in [-0.25, -0.2) is 4.79 Å². The average molecular weight is 220 g/mol. The van der Waals surface area contributed by atoms with Crippen molar-refractivity contribution in [2.24, 2.45) is 5.11 Å². The highest BCUT2D eigenvalue weighted by Gasteiger charge is 2.12. The maximum atomic E-state index is 11.5. The van der Waals surface area contributed by atoms with Gasteiger partial charge in [-0.1, -0.05) is 24.2 Å². The van der Waals surface area contributed by atoms with Gasteiger partial charge in [0, 0.05) is 4.91 Å². The number of ether oxygens (including phenoxy) is 1. The molecule has 6 heteroatoms.